The maximum atomic E-state index is 12.6. The van der Waals surface area contributed by atoms with Crippen LogP contribution in [0, 0.1) is 20.8 Å². The van der Waals surface area contributed by atoms with Gasteiger partial charge in [-0.2, -0.15) is 0 Å². The molecule has 3 rings (SSSR count). The van der Waals surface area contributed by atoms with Crippen LogP contribution in [0.4, 0.5) is 17.1 Å². The Kier molecular flexibility index (Phi) is 4.57. The highest BCUT2D eigenvalue weighted by molar-refractivity contribution is 5.96. The van der Waals surface area contributed by atoms with Gasteiger partial charge < -0.3 is 20.7 Å². The summed E-state index contributed by atoms with van der Waals surface area (Å²) < 4.78 is 5.84. The number of rotatable bonds is 3. The molecule has 1 heterocycles. The van der Waals surface area contributed by atoms with E-state index in [1.807, 2.05) is 43.9 Å². The van der Waals surface area contributed by atoms with E-state index in [0.717, 1.165) is 28.3 Å². The summed E-state index contributed by atoms with van der Waals surface area (Å²) in [5, 5.41) is 3.06. The Morgan fingerprint density at radius 1 is 1.24 bits per heavy atom. The number of anilines is 3. The van der Waals surface area contributed by atoms with Gasteiger partial charge in [0.05, 0.1) is 18.8 Å². The van der Waals surface area contributed by atoms with Crippen molar-refractivity contribution in [2.24, 2.45) is 0 Å². The molecule has 1 aliphatic heterocycles. The summed E-state index contributed by atoms with van der Waals surface area (Å²) in [4.78, 5) is 14.7. The predicted octanol–water partition coefficient (Wildman–Crippen LogP) is 3.42. The molecule has 0 aromatic heterocycles. The molecule has 1 amide bonds. The Hall–Kier alpha value is -2.69. The van der Waals surface area contributed by atoms with Gasteiger partial charge in [0.2, 0.25) is 5.91 Å². The first-order valence-corrected chi connectivity index (χ1v) is 8.52. The fourth-order valence-corrected chi connectivity index (χ4v) is 3.42. The van der Waals surface area contributed by atoms with Gasteiger partial charge in [0.25, 0.3) is 0 Å². The van der Waals surface area contributed by atoms with Crippen molar-refractivity contribution >= 4 is 23.0 Å². The maximum Gasteiger partial charge on any atom is 0.243 e. The zero-order valence-electron chi connectivity index (χ0n) is 15.2. The number of carbonyl (C=O) groups is 1. The van der Waals surface area contributed by atoms with Crippen molar-refractivity contribution in [1.29, 1.82) is 0 Å². The Morgan fingerprint density at radius 2 is 1.92 bits per heavy atom. The van der Waals surface area contributed by atoms with Gasteiger partial charge in [-0.25, -0.2) is 0 Å². The maximum absolute atomic E-state index is 12.6. The van der Waals surface area contributed by atoms with Gasteiger partial charge in [0.1, 0.15) is 11.9 Å². The largest absolute Gasteiger partial charge is 0.487 e. The molecular weight excluding hydrogens is 314 g/mol. The molecule has 0 saturated carbocycles. The summed E-state index contributed by atoms with van der Waals surface area (Å²) in [6.45, 7) is 9.00. The number of benzene rings is 2. The monoisotopic (exact) mass is 339 g/mol. The molecular formula is C20H25N3O2. The van der Waals surface area contributed by atoms with Crippen LogP contribution in [0.2, 0.25) is 0 Å². The van der Waals surface area contributed by atoms with Crippen molar-refractivity contribution in [3.05, 3.63) is 47.0 Å². The van der Waals surface area contributed by atoms with Crippen molar-refractivity contribution in [2.45, 2.75) is 33.8 Å². The number of nitrogens with one attached hydrogen (secondary N) is 1. The first kappa shape index (κ1) is 17.1. The van der Waals surface area contributed by atoms with Crippen molar-refractivity contribution in [1.82, 2.24) is 0 Å². The molecule has 0 aliphatic carbocycles. The van der Waals surface area contributed by atoms with E-state index in [4.69, 9.17) is 10.5 Å². The molecule has 3 N–H and O–H groups in total. The van der Waals surface area contributed by atoms with Crippen molar-refractivity contribution in [3.8, 4) is 5.75 Å². The Labute approximate surface area is 148 Å². The minimum absolute atomic E-state index is 0.0202. The van der Waals surface area contributed by atoms with Gasteiger partial charge in [-0.1, -0.05) is 17.7 Å². The second-order valence-electron chi connectivity index (χ2n) is 6.86. The molecule has 1 atom stereocenters. The van der Waals surface area contributed by atoms with Gasteiger partial charge >= 0.3 is 0 Å². The summed E-state index contributed by atoms with van der Waals surface area (Å²) in [5.74, 6) is 0.723. The molecule has 25 heavy (non-hydrogen) atoms. The Balaban J connectivity index is 1.79. The predicted molar refractivity (Wildman–Crippen MR) is 102 cm³/mol. The molecule has 2 aromatic rings. The number of fused-ring (bicyclic) bond motifs is 1. The lowest BCUT2D eigenvalue weighted by Crippen LogP contribution is -2.42. The van der Waals surface area contributed by atoms with Crippen LogP contribution in [0.25, 0.3) is 0 Å². The second-order valence-corrected chi connectivity index (χ2v) is 6.86. The van der Waals surface area contributed by atoms with E-state index in [0.29, 0.717) is 12.2 Å². The lowest BCUT2D eigenvalue weighted by molar-refractivity contribution is -0.115. The van der Waals surface area contributed by atoms with Gasteiger partial charge in [0.15, 0.2) is 0 Å². The summed E-state index contributed by atoms with van der Waals surface area (Å²) in [7, 11) is 0. The third kappa shape index (κ3) is 3.71. The van der Waals surface area contributed by atoms with Crippen LogP contribution in [0.3, 0.4) is 0 Å². The van der Waals surface area contributed by atoms with Crippen LogP contribution in [0.1, 0.15) is 23.6 Å². The van der Waals surface area contributed by atoms with Crippen molar-refractivity contribution in [2.75, 3.05) is 29.0 Å². The van der Waals surface area contributed by atoms with E-state index in [1.165, 1.54) is 5.56 Å². The number of nitrogens with zero attached hydrogens (tertiary/aromatic N) is 1. The van der Waals surface area contributed by atoms with Gasteiger partial charge in [-0.15, -0.1) is 0 Å². The van der Waals surface area contributed by atoms with Crippen LogP contribution in [-0.4, -0.2) is 25.1 Å². The number of amides is 1. The highest BCUT2D eigenvalue weighted by Crippen LogP contribution is 2.35. The molecule has 0 spiro atoms. The van der Waals surface area contributed by atoms with E-state index in [1.54, 1.807) is 0 Å². The Morgan fingerprint density at radius 3 is 2.60 bits per heavy atom. The average Bonchev–Trinajstić information content (AvgIpc) is 2.51. The third-order valence-corrected chi connectivity index (χ3v) is 4.41. The second kappa shape index (κ2) is 6.67. The quantitative estimate of drug-likeness (QED) is 0.841. The van der Waals surface area contributed by atoms with Gasteiger partial charge in [-0.05, 0) is 57.0 Å². The van der Waals surface area contributed by atoms with E-state index < -0.39 is 0 Å². The van der Waals surface area contributed by atoms with E-state index >= 15 is 0 Å². The molecule has 2 aromatic carbocycles. The van der Waals surface area contributed by atoms with Crippen LogP contribution in [0.5, 0.6) is 5.75 Å². The Bertz CT molecular complexity index is 794. The fraction of sp³-hybridized carbons (Fsp3) is 0.350. The average molecular weight is 339 g/mol. The smallest absolute Gasteiger partial charge is 0.243 e. The van der Waals surface area contributed by atoms with Crippen LogP contribution in [-0.2, 0) is 4.79 Å². The third-order valence-electron chi connectivity index (χ3n) is 4.41. The summed E-state index contributed by atoms with van der Waals surface area (Å²) >= 11 is 0. The molecule has 5 heteroatoms. The number of hydrogen-bond donors (Lipinski definition) is 2. The topological polar surface area (TPSA) is 67.6 Å². The molecule has 0 radical (unpaired) electrons. The molecule has 5 nitrogen and oxygen atoms in total. The zero-order chi connectivity index (χ0) is 18.1. The number of nitrogen functional groups attached to an aromatic ring is 1. The molecule has 0 bridgehead atoms. The summed E-state index contributed by atoms with van der Waals surface area (Å²) in [5.41, 5.74) is 11.7. The number of hydrogen-bond acceptors (Lipinski definition) is 4. The minimum atomic E-state index is -0.0440. The standard InChI is InChI=1S/C20H25N3O2/c1-12-7-13(2)20(14(3)8-12)22-19(24)11-23-10-15(4)25-18-6-5-16(21)9-17(18)23/h5-9,15H,10-11,21H2,1-4H3,(H,22,24). The SMILES string of the molecule is Cc1cc(C)c(NC(=O)CN2CC(C)Oc3ccc(N)cc32)c(C)c1. The van der Waals surface area contributed by atoms with E-state index in [9.17, 15) is 4.79 Å². The van der Waals surface area contributed by atoms with Crippen molar-refractivity contribution < 1.29 is 9.53 Å². The lowest BCUT2D eigenvalue weighted by Gasteiger charge is -2.34. The lowest BCUT2D eigenvalue weighted by atomic mass is 10.1. The summed E-state index contributed by atoms with van der Waals surface area (Å²) in [6, 6.07) is 9.69. The zero-order valence-corrected chi connectivity index (χ0v) is 15.2. The van der Waals surface area contributed by atoms with Crippen LogP contribution in [0.15, 0.2) is 30.3 Å². The number of carbonyl (C=O) groups excluding carboxylic acids is 1. The molecule has 0 saturated heterocycles. The molecule has 1 unspecified atom stereocenters. The van der Waals surface area contributed by atoms with Crippen molar-refractivity contribution in [3.63, 3.8) is 0 Å². The highest BCUT2D eigenvalue weighted by Gasteiger charge is 2.25. The van der Waals surface area contributed by atoms with Crippen LogP contribution < -0.4 is 20.7 Å². The number of ether oxygens (including phenoxy) is 1. The van der Waals surface area contributed by atoms with E-state index in [-0.39, 0.29) is 18.6 Å². The minimum Gasteiger partial charge on any atom is -0.487 e. The normalized spacial score (nSPS) is 16.2. The first-order valence-electron chi connectivity index (χ1n) is 8.52. The van der Waals surface area contributed by atoms with E-state index in [2.05, 4.69) is 24.4 Å². The van der Waals surface area contributed by atoms with Gasteiger partial charge in [0, 0.05) is 11.4 Å². The molecule has 132 valence electrons. The van der Waals surface area contributed by atoms with Crippen LogP contribution >= 0.6 is 0 Å². The number of aryl methyl sites for hydroxylation is 3. The highest BCUT2D eigenvalue weighted by atomic mass is 16.5. The molecule has 1 aliphatic rings. The number of nitrogens with two attached hydrogens (primary N) is 1. The molecule has 0 fully saturated rings. The fourth-order valence-electron chi connectivity index (χ4n) is 3.42. The van der Waals surface area contributed by atoms with Gasteiger partial charge in [-0.3, -0.25) is 4.79 Å². The first-order chi connectivity index (χ1) is 11.8. The summed E-state index contributed by atoms with van der Waals surface area (Å²) in [6.07, 6.45) is 0.0202.